The Hall–Kier alpha value is -2.23. The van der Waals surface area contributed by atoms with Crippen LogP contribution in [0.25, 0.3) is 10.9 Å². The van der Waals surface area contributed by atoms with E-state index in [4.69, 9.17) is 4.98 Å². The normalized spacial score (nSPS) is 21.3. The fourth-order valence-electron chi connectivity index (χ4n) is 2.68. The van der Waals surface area contributed by atoms with Crippen LogP contribution in [0.3, 0.4) is 0 Å². The number of hydrogen-bond donors (Lipinski definition) is 1. The Labute approximate surface area is 130 Å². The molecule has 114 valence electrons. The molecule has 0 aliphatic carbocycles. The van der Waals surface area contributed by atoms with Crippen LogP contribution < -0.4 is 5.32 Å². The lowest BCUT2D eigenvalue weighted by atomic mass is 9.89. The summed E-state index contributed by atoms with van der Waals surface area (Å²) in [4.78, 5) is 21.8. The summed E-state index contributed by atoms with van der Waals surface area (Å²) < 4.78 is 0. The van der Waals surface area contributed by atoms with Crippen LogP contribution in [0.2, 0.25) is 0 Å². The van der Waals surface area contributed by atoms with Gasteiger partial charge in [-0.3, -0.25) is 4.79 Å². The van der Waals surface area contributed by atoms with Crippen molar-refractivity contribution in [3.63, 3.8) is 0 Å². The molecule has 4 heteroatoms. The molecule has 3 rings (SSSR count). The number of carbonyl (C=O) groups is 1. The van der Waals surface area contributed by atoms with Gasteiger partial charge in [0.1, 0.15) is 11.2 Å². The number of amides is 1. The summed E-state index contributed by atoms with van der Waals surface area (Å²) in [7, 11) is 0. The highest BCUT2D eigenvalue weighted by molar-refractivity contribution is 6.15. The van der Waals surface area contributed by atoms with Gasteiger partial charge in [0.15, 0.2) is 5.84 Å². The molecule has 1 aliphatic rings. The van der Waals surface area contributed by atoms with Gasteiger partial charge in [-0.05, 0) is 37.0 Å². The third-order valence-electron chi connectivity index (χ3n) is 4.57. The highest BCUT2D eigenvalue weighted by Gasteiger charge is 2.42. The Kier molecular flexibility index (Phi) is 3.47. The van der Waals surface area contributed by atoms with Crippen LogP contribution in [0, 0.1) is 5.92 Å². The summed E-state index contributed by atoms with van der Waals surface area (Å²) in [6.45, 7) is 8.00. The smallest absolute Gasteiger partial charge is 0.253 e. The molecule has 1 N–H and O–H groups in total. The van der Waals surface area contributed by atoms with E-state index in [1.807, 2.05) is 39.0 Å². The number of pyridine rings is 1. The minimum absolute atomic E-state index is 0.0467. The number of amidine groups is 1. The summed E-state index contributed by atoms with van der Waals surface area (Å²) in [5, 5.41) is 4.04. The Morgan fingerprint density at radius 3 is 2.64 bits per heavy atom. The SMILES string of the molecule is CCc1cc2ccccc2nc1C1=NC(C)(C(C)C)C(=O)N1. The summed E-state index contributed by atoms with van der Waals surface area (Å²) in [5.74, 6) is 0.689. The van der Waals surface area contributed by atoms with Gasteiger partial charge in [0.2, 0.25) is 0 Å². The first kappa shape index (κ1) is 14.7. The van der Waals surface area contributed by atoms with Crippen LogP contribution in [0.5, 0.6) is 0 Å². The lowest BCUT2D eigenvalue weighted by molar-refractivity contribution is -0.124. The van der Waals surface area contributed by atoms with Gasteiger partial charge in [-0.25, -0.2) is 9.98 Å². The summed E-state index contributed by atoms with van der Waals surface area (Å²) in [6.07, 6.45) is 0.848. The second-order valence-electron chi connectivity index (χ2n) is 6.26. The van der Waals surface area contributed by atoms with Gasteiger partial charge in [-0.1, -0.05) is 39.0 Å². The van der Waals surface area contributed by atoms with E-state index in [0.29, 0.717) is 5.84 Å². The molecule has 1 atom stereocenters. The Bertz CT molecular complexity index is 779. The lowest BCUT2D eigenvalue weighted by Gasteiger charge is -2.21. The van der Waals surface area contributed by atoms with Crippen LogP contribution in [0.15, 0.2) is 35.3 Å². The molecule has 2 heterocycles. The molecule has 4 nitrogen and oxygen atoms in total. The van der Waals surface area contributed by atoms with Crippen molar-refractivity contribution < 1.29 is 4.79 Å². The number of carbonyl (C=O) groups excluding carboxylic acids is 1. The fourth-order valence-corrected chi connectivity index (χ4v) is 2.68. The molecule has 1 aromatic carbocycles. The number of nitrogens with zero attached hydrogens (tertiary/aromatic N) is 2. The van der Waals surface area contributed by atoms with Gasteiger partial charge < -0.3 is 5.32 Å². The number of aliphatic imine (C=N–C) groups is 1. The van der Waals surface area contributed by atoms with Crippen molar-refractivity contribution in [2.45, 2.75) is 39.7 Å². The predicted octanol–water partition coefficient (Wildman–Crippen LogP) is 3.09. The van der Waals surface area contributed by atoms with E-state index in [-0.39, 0.29) is 11.8 Å². The standard InChI is InChI=1S/C18H21N3O/c1-5-12-10-13-8-6-7-9-14(13)19-15(12)16-20-17(22)18(4,21-16)11(2)3/h6-11H,5H2,1-4H3,(H,20,21,22). The monoisotopic (exact) mass is 295 g/mol. The van der Waals surface area contributed by atoms with Gasteiger partial charge in [-0.2, -0.15) is 0 Å². The summed E-state index contributed by atoms with van der Waals surface area (Å²) in [5.41, 5.74) is 2.10. The van der Waals surface area contributed by atoms with Crippen molar-refractivity contribution in [1.29, 1.82) is 0 Å². The van der Waals surface area contributed by atoms with Crippen molar-refractivity contribution in [3.05, 3.63) is 41.6 Å². The van der Waals surface area contributed by atoms with Crippen LogP contribution in [-0.2, 0) is 11.2 Å². The number of fused-ring (bicyclic) bond motifs is 1. The van der Waals surface area contributed by atoms with E-state index in [0.717, 1.165) is 28.6 Å². The van der Waals surface area contributed by atoms with Crippen molar-refractivity contribution in [2.24, 2.45) is 10.9 Å². The second kappa shape index (κ2) is 5.20. The average molecular weight is 295 g/mol. The molecule has 0 bridgehead atoms. The van der Waals surface area contributed by atoms with Gasteiger partial charge in [0.05, 0.1) is 5.52 Å². The maximum atomic E-state index is 12.3. The van der Waals surface area contributed by atoms with Gasteiger partial charge in [-0.15, -0.1) is 0 Å². The molecule has 1 unspecified atom stereocenters. The number of para-hydroxylation sites is 1. The zero-order chi connectivity index (χ0) is 15.9. The van der Waals surface area contributed by atoms with E-state index in [1.165, 1.54) is 0 Å². The number of aromatic nitrogens is 1. The molecule has 1 aromatic heterocycles. The fraction of sp³-hybridized carbons (Fsp3) is 0.389. The van der Waals surface area contributed by atoms with Crippen LogP contribution in [-0.4, -0.2) is 22.3 Å². The first-order chi connectivity index (χ1) is 10.5. The Morgan fingerprint density at radius 1 is 1.27 bits per heavy atom. The number of aryl methyl sites for hydroxylation is 1. The largest absolute Gasteiger partial charge is 0.307 e. The third kappa shape index (κ3) is 2.19. The zero-order valence-corrected chi connectivity index (χ0v) is 13.5. The first-order valence-electron chi connectivity index (χ1n) is 7.76. The topological polar surface area (TPSA) is 54.4 Å². The van der Waals surface area contributed by atoms with Crippen molar-refractivity contribution >= 4 is 22.6 Å². The van der Waals surface area contributed by atoms with E-state index in [1.54, 1.807) is 0 Å². The minimum atomic E-state index is -0.715. The maximum absolute atomic E-state index is 12.3. The molecule has 0 saturated heterocycles. The molecular formula is C18H21N3O. The Balaban J connectivity index is 2.16. The van der Waals surface area contributed by atoms with Crippen LogP contribution in [0.4, 0.5) is 0 Å². The van der Waals surface area contributed by atoms with Gasteiger partial charge in [0, 0.05) is 5.39 Å². The summed E-state index contributed by atoms with van der Waals surface area (Å²) in [6, 6.07) is 10.2. The average Bonchev–Trinajstić information content (AvgIpc) is 2.82. The molecule has 2 aromatic rings. The van der Waals surface area contributed by atoms with E-state index >= 15 is 0 Å². The molecule has 0 saturated carbocycles. The lowest BCUT2D eigenvalue weighted by Crippen LogP contribution is -2.41. The number of nitrogens with one attached hydrogen (secondary N) is 1. The van der Waals surface area contributed by atoms with Crippen LogP contribution in [0.1, 0.15) is 39.0 Å². The number of benzene rings is 1. The second-order valence-corrected chi connectivity index (χ2v) is 6.26. The minimum Gasteiger partial charge on any atom is -0.307 e. The van der Waals surface area contributed by atoms with E-state index < -0.39 is 5.54 Å². The molecule has 22 heavy (non-hydrogen) atoms. The molecule has 0 radical (unpaired) electrons. The highest BCUT2D eigenvalue weighted by atomic mass is 16.2. The predicted molar refractivity (Wildman–Crippen MR) is 89.0 cm³/mol. The molecule has 1 amide bonds. The third-order valence-corrected chi connectivity index (χ3v) is 4.57. The zero-order valence-electron chi connectivity index (χ0n) is 13.5. The van der Waals surface area contributed by atoms with Crippen molar-refractivity contribution in [1.82, 2.24) is 10.3 Å². The molecule has 0 fully saturated rings. The van der Waals surface area contributed by atoms with Crippen molar-refractivity contribution in [2.75, 3.05) is 0 Å². The van der Waals surface area contributed by atoms with Gasteiger partial charge in [0.25, 0.3) is 5.91 Å². The Morgan fingerprint density at radius 2 is 2.00 bits per heavy atom. The van der Waals surface area contributed by atoms with Crippen molar-refractivity contribution in [3.8, 4) is 0 Å². The quantitative estimate of drug-likeness (QED) is 0.946. The number of rotatable bonds is 3. The number of hydrogen-bond acceptors (Lipinski definition) is 3. The highest BCUT2D eigenvalue weighted by Crippen LogP contribution is 2.28. The maximum Gasteiger partial charge on any atom is 0.253 e. The first-order valence-corrected chi connectivity index (χ1v) is 7.76. The van der Waals surface area contributed by atoms with Gasteiger partial charge >= 0.3 is 0 Å². The van der Waals surface area contributed by atoms with E-state index in [2.05, 4.69) is 29.4 Å². The molecule has 0 spiro atoms. The molecule has 1 aliphatic heterocycles. The van der Waals surface area contributed by atoms with E-state index in [9.17, 15) is 4.79 Å². The summed E-state index contributed by atoms with van der Waals surface area (Å²) >= 11 is 0. The molecular weight excluding hydrogens is 274 g/mol. The van der Waals surface area contributed by atoms with Crippen LogP contribution >= 0.6 is 0 Å².